The second-order valence-electron chi connectivity index (χ2n) is 8.03. The second-order valence-corrected chi connectivity index (χ2v) is 8.03. The van der Waals surface area contributed by atoms with E-state index in [0.717, 1.165) is 32.5 Å². The highest BCUT2D eigenvalue weighted by Gasteiger charge is 2.43. The third-order valence-electron chi connectivity index (χ3n) is 5.28. The summed E-state index contributed by atoms with van der Waals surface area (Å²) < 4.78 is 5.50. The number of nitrogens with one attached hydrogen (secondary N) is 1. The van der Waals surface area contributed by atoms with Crippen LogP contribution in [0.2, 0.25) is 0 Å². The van der Waals surface area contributed by atoms with Crippen LogP contribution in [0.3, 0.4) is 0 Å². The fourth-order valence-electron chi connectivity index (χ4n) is 3.73. The lowest BCUT2D eigenvalue weighted by Gasteiger charge is -2.39. The summed E-state index contributed by atoms with van der Waals surface area (Å²) in [6.07, 6.45) is 1.81. The molecule has 126 valence electrons. The third kappa shape index (κ3) is 2.91. The lowest BCUT2D eigenvalue weighted by atomic mass is 9.74. The van der Waals surface area contributed by atoms with Gasteiger partial charge in [0.25, 0.3) is 0 Å². The average Bonchev–Trinajstić information content (AvgIpc) is 2.81. The van der Waals surface area contributed by atoms with Gasteiger partial charge >= 0.3 is 6.09 Å². The Balaban J connectivity index is 1.74. The molecule has 1 amide bonds. The van der Waals surface area contributed by atoms with E-state index in [4.69, 9.17) is 4.74 Å². The van der Waals surface area contributed by atoms with E-state index in [1.54, 1.807) is 0 Å². The van der Waals surface area contributed by atoms with E-state index in [-0.39, 0.29) is 11.5 Å². The van der Waals surface area contributed by atoms with Gasteiger partial charge in [0.05, 0.1) is 0 Å². The predicted octanol–water partition coefficient (Wildman–Crippen LogP) is 4.00. The fourth-order valence-corrected chi connectivity index (χ4v) is 3.73. The molecule has 2 aliphatic rings. The maximum Gasteiger partial charge on any atom is 0.410 e. The number of hydrogen-bond donors (Lipinski definition) is 1. The zero-order chi connectivity index (χ0) is 16.8. The molecule has 23 heavy (non-hydrogen) atoms. The number of rotatable bonds is 0. The van der Waals surface area contributed by atoms with Crippen LogP contribution in [0, 0.1) is 13.8 Å². The molecule has 0 radical (unpaired) electrons. The van der Waals surface area contributed by atoms with Crippen LogP contribution in [-0.4, -0.2) is 36.2 Å². The van der Waals surface area contributed by atoms with Crippen LogP contribution >= 0.6 is 0 Å². The van der Waals surface area contributed by atoms with E-state index in [2.05, 4.69) is 31.3 Å². The molecule has 1 aromatic carbocycles. The first-order chi connectivity index (χ1) is 10.7. The predicted molar refractivity (Wildman–Crippen MR) is 93.1 cm³/mol. The van der Waals surface area contributed by atoms with Gasteiger partial charge < -0.3 is 15.0 Å². The van der Waals surface area contributed by atoms with Crippen LogP contribution < -0.4 is 5.32 Å². The molecule has 0 aromatic heterocycles. The van der Waals surface area contributed by atoms with Crippen molar-refractivity contribution in [2.45, 2.75) is 58.5 Å². The summed E-state index contributed by atoms with van der Waals surface area (Å²) in [5, 5.41) is 3.62. The van der Waals surface area contributed by atoms with Crippen LogP contribution in [-0.2, 0) is 10.2 Å². The molecule has 4 heteroatoms. The molecule has 0 aliphatic carbocycles. The van der Waals surface area contributed by atoms with Crippen molar-refractivity contribution in [3.8, 4) is 0 Å². The van der Waals surface area contributed by atoms with Gasteiger partial charge in [0.2, 0.25) is 0 Å². The first-order valence-electron chi connectivity index (χ1n) is 8.54. The molecule has 0 atom stereocenters. The number of nitrogens with zero attached hydrogens (tertiary/aromatic N) is 1. The first-order valence-corrected chi connectivity index (χ1v) is 8.54. The molecule has 1 fully saturated rings. The molecule has 2 aliphatic heterocycles. The summed E-state index contributed by atoms with van der Waals surface area (Å²) in [7, 11) is 0. The summed E-state index contributed by atoms with van der Waals surface area (Å²) >= 11 is 0. The molecule has 2 heterocycles. The molecule has 0 bridgehead atoms. The van der Waals surface area contributed by atoms with Gasteiger partial charge in [0, 0.05) is 30.7 Å². The molecule has 3 rings (SSSR count). The second kappa shape index (κ2) is 5.43. The Bertz CT molecular complexity index is 623. The van der Waals surface area contributed by atoms with E-state index >= 15 is 0 Å². The maximum absolute atomic E-state index is 12.2. The largest absolute Gasteiger partial charge is 0.444 e. The summed E-state index contributed by atoms with van der Waals surface area (Å²) in [6.45, 7) is 12.6. The number of carbonyl (C=O) groups is 1. The minimum absolute atomic E-state index is 0.173. The van der Waals surface area contributed by atoms with Crippen molar-refractivity contribution in [2.24, 2.45) is 0 Å². The van der Waals surface area contributed by atoms with E-state index < -0.39 is 5.60 Å². The number of aryl methyl sites for hydroxylation is 1. The lowest BCUT2D eigenvalue weighted by molar-refractivity contribution is 0.0172. The van der Waals surface area contributed by atoms with Crippen LogP contribution in [0.4, 0.5) is 10.5 Å². The van der Waals surface area contributed by atoms with E-state index in [1.165, 1.54) is 22.4 Å². The molecule has 1 saturated heterocycles. The number of likely N-dealkylation sites (tertiary alicyclic amines) is 1. The van der Waals surface area contributed by atoms with Gasteiger partial charge in [0.1, 0.15) is 5.60 Å². The van der Waals surface area contributed by atoms with Gasteiger partial charge in [-0.3, -0.25) is 0 Å². The van der Waals surface area contributed by atoms with Crippen molar-refractivity contribution in [3.05, 3.63) is 28.8 Å². The highest BCUT2D eigenvalue weighted by molar-refractivity contribution is 5.70. The van der Waals surface area contributed by atoms with Gasteiger partial charge in [-0.1, -0.05) is 12.1 Å². The fraction of sp³-hybridized carbons (Fsp3) is 0.632. The van der Waals surface area contributed by atoms with E-state index in [0.29, 0.717) is 0 Å². The topological polar surface area (TPSA) is 41.6 Å². The molecule has 4 nitrogen and oxygen atoms in total. The Hall–Kier alpha value is -1.71. The van der Waals surface area contributed by atoms with E-state index in [1.807, 2.05) is 25.7 Å². The third-order valence-corrected chi connectivity index (χ3v) is 5.28. The molecule has 1 spiro atoms. The maximum atomic E-state index is 12.2. The Morgan fingerprint density at radius 2 is 1.87 bits per heavy atom. The Labute approximate surface area is 139 Å². The van der Waals surface area contributed by atoms with Crippen molar-refractivity contribution in [1.29, 1.82) is 0 Å². The zero-order valence-electron chi connectivity index (χ0n) is 15.0. The summed E-state index contributed by atoms with van der Waals surface area (Å²) in [5.41, 5.74) is 5.18. The number of carbonyl (C=O) groups excluding carboxylic acids is 1. The van der Waals surface area contributed by atoms with Crippen molar-refractivity contribution in [3.63, 3.8) is 0 Å². The standard InChI is InChI=1S/C19H28N2O2/c1-13-6-7-15-16(14(13)2)20-12-19(15)8-10-21(11-9-19)17(22)23-18(3,4)5/h6-7,20H,8-12H2,1-5H3. The number of benzene rings is 1. The molecule has 0 saturated carbocycles. The van der Waals surface area contributed by atoms with Crippen molar-refractivity contribution < 1.29 is 9.53 Å². The monoisotopic (exact) mass is 316 g/mol. The van der Waals surface area contributed by atoms with Crippen LogP contribution in [0.1, 0.15) is 50.3 Å². The molecule has 1 aromatic rings. The van der Waals surface area contributed by atoms with Gasteiger partial charge in [0.15, 0.2) is 0 Å². The first kappa shape index (κ1) is 16.2. The van der Waals surface area contributed by atoms with Crippen molar-refractivity contribution in [1.82, 2.24) is 4.90 Å². The highest BCUT2D eigenvalue weighted by atomic mass is 16.6. The summed E-state index contributed by atoms with van der Waals surface area (Å²) in [4.78, 5) is 14.1. The number of amides is 1. The number of fused-ring (bicyclic) bond motifs is 2. The summed E-state index contributed by atoms with van der Waals surface area (Å²) in [5.74, 6) is 0. The number of hydrogen-bond acceptors (Lipinski definition) is 3. The van der Waals surface area contributed by atoms with E-state index in [9.17, 15) is 4.79 Å². The van der Waals surface area contributed by atoms with Crippen molar-refractivity contribution in [2.75, 3.05) is 25.0 Å². The minimum atomic E-state index is -0.428. The number of piperidine rings is 1. The Kier molecular flexibility index (Phi) is 3.81. The van der Waals surface area contributed by atoms with Gasteiger partial charge in [-0.2, -0.15) is 0 Å². The molecule has 1 N–H and O–H groups in total. The Morgan fingerprint density at radius 1 is 1.22 bits per heavy atom. The smallest absolute Gasteiger partial charge is 0.410 e. The van der Waals surface area contributed by atoms with Crippen molar-refractivity contribution >= 4 is 11.8 Å². The Morgan fingerprint density at radius 3 is 2.48 bits per heavy atom. The van der Waals surface area contributed by atoms with Gasteiger partial charge in [-0.15, -0.1) is 0 Å². The normalized spacial score (nSPS) is 19.4. The zero-order valence-corrected chi connectivity index (χ0v) is 15.0. The van der Waals surface area contributed by atoms with Gasteiger partial charge in [-0.05, 0) is 64.2 Å². The van der Waals surface area contributed by atoms with Crippen LogP contribution in [0.5, 0.6) is 0 Å². The van der Waals surface area contributed by atoms with Crippen LogP contribution in [0.15, 0.2) is 12.1 Å². The molecular weight excluding hydrogens is 288 g/mol. The van der Waals surface area contributed by atoms with Gasteiger partial charge in [-0.25, -0.2) is 4.79 Å². The minimum Gasteiger partial charge on any atom is -0.444 e. The highest BCUT2D eigenvalue weighted by Crippen LogP contribution is 2.45. The van der Waals surface area contributed by atoms with Crippen LogP contribution in [0.25, 0.3) is 0 Å². The molecule has 0 unspecified atom stereocenters. The number of ether oxygens (including phenoxy) is 1. The average molecular weight is 316 g/mol. The lowest BCUT2D eigenvalue weighted by Crippen LogP contribution is -2.47. The summed E-state index contributed by atoms with van der Waals surface area (Å²) in [6, 6.07) is 4.50. The number of anilines is 1. The SMILES string of the molecule is Cc1ccc2c(c1C)NCC21CCN(C(=O)OC(C)(C)C)CC1. The quantitative estimate of drug-likeness (QED) is 0.786. The molecular formula is C19H28N2O2.